The highest BCUT2D eigenvalue weighted by atomic mass is 16.5. The zero-order valence-corrected chi connectivity index (χ0v) is 21.7. The van der Waals surface area contributed by atoms with Crippen LogP contribution in [0.25, 0.3) is 17.0 Å². The maximum absolute atomic E-state index is 13.4. The molecule has 4 aromatic rings. The van der Waals surface area contributed by atoms with Gasteiger partial charge in [0.2, 0.25) is 5.78 Å². The van der Waals surface area contributed by atoms with Crippen molar-refractivity contribution in [2.75, 3.05) is 28.1 Å². The van der Waals surface area contributed by atoms with Gasteiger partial charge in [-0.05, 0) is 54.1 Å². The highest BCUT2D eigenvalue weighted by Gasteiger charge is 2.34. The molecule has 0 spiro atoms. The Hall–Kier alpha value is -4.43. The lowest BCUT2D eigenvalue weighted by atomic mass is 10.0. The van der Waals surface area contributed by atoms with E-state index < -0.39 is 0 Å². The molecule has 8 nitrogen and oxygen atoms in total. The van der Waals surface area contributed by atoms with E-state index in [1.807, 2.05) is 66.4 Å². The number of allylic oxidation sites excluding steroid dienone is 1. The lowest BCUT2D eigenvalue weighted by molar-refractivity contribution is 0.0872. The molecule has 0 amide bonds. The fourth-order valence-corrected chi connectivity index (χ4v) is 5.13. The van der Waals surface area contributed by atoms with E-state index in [4.69, 9.17) is 23.7 Å². The van der Waals surface area contributed by atoms with Crippen LogP contribution in [0.5, 0.6) is 28.7 Å². The molecule has 8 heteroatoms. The van der Waals surface area contributed by atoms with Crippen molar-refractivity contribution < 1.29 is 28.5 Å². The van der Waals surface area contributed by atoms with Crippen LogP contribution in [0.1, 0.15) is 27.0 Å². The summed E-state index contributed by atoms with van der Waals surface area (Å²) >= 11 is 0. The number of fused-ring (bicyclic) bond motifs is 4. The van der Waals surface area contributed by atoms with Gasteiger partial charge < -0.3 is 28.3 Å². The number of hydrogen-bond donors (Lipinski definition) is 0. The molecular weight excluding hydrogens is 484 g/mol. The van der Waals surface area contributed by atoms with Crippen LogP contribution in [-0.2, 0) is 20.1 Å². The standard InChI is InChI=1S/C30H28N2O6/c1-31-15-19(22-13-20(34-2)6-8-24(22)31)12-28-29(33)21-7-10-25-23(30(21)38-28)16-32(17-37-25)14-18-5-9-26(35-3)27(11-18)36-4/h5-13,15H,14,16-17H2,1-4H3/b28-12-. The smallest absolute Gasteiger partial charge is 0.231 e. The summed E-state index contributed by atoms with van der Waals surface area (Å²) in [5, 5.41) is 0.984. The molecule has 0 bridgehead atoms. The quantitative estimate of drug-likeness (QED) is 0.330. The molecule has 3 heterocycles. The topological polar surface area (TPSA) is 71.4 Å². The van der Waals surface area contributed by atoms with E-state index in [-0.39, 0.29) is 5.78 Å². The van der Waals surface area contributed by atoms with Crippen molar-refractivity contribution in [1.82, 2.24) is 9.47 Å². The van der Waals surface area contributed by atoms with Gasteiger partial charge in [0.1, 0.15) is 24.0 Å². The van der Waals surface area contributed by atoms with E-state index in [2.05, 4.69) is 4.90 Å². The van der Waals surface area contributed by atoms with Crippen molar-refractivity contribution in [2.45, 2.75) is 13.1 Å². The number of rotatable bonds is 6. The predicted octanol–water partition coefficient (Wildman–Crippen LogP) is 5.17. The number of carbonyl (C=O) groups excluding carboxylic acids is 1. The maximum Gasteiger partial charge on any atom is 0.231 e. The van der Waals surface area contributed by atoms with E-state index in [0.717, 1.165) is 39.1 Å². The molecule has 38 heavy (non-hydrogen) atoms. The molecule has 1 aromatic heterocycles. The van der Waals surface area contributed by atoms with Gasteiger partial charge in [0.15, 0.2) is 17.3 Å². The molecule has 2 aliphatic heterocycles. The average Bonchev–Trinajstić information content (AvgIpc) is 3.43. The number of nitrogens with zero attached hydrogens (tertiary/aromatic N) is 2. The van der Waals surface area contributed by atoms with Gasteiger partial charge in [0, 0.05) is 42.8 Å². The Kier molecular flexibility index (Phi) is 5.96. The summed E-state index contributed by atoms with van der Waals surface area (Å²) in [6.07, 6.45) is 3.79. The average molecular weight is 513 g/mol. The molecule has 0 N–H and O–H groups in total. The number of aromatic nitrogens is 1. The van der Waals surface area contributed by atoms with E-state index in [1.54, 1.807) is 27.4 Å². The van der Waals surface area contributed by atoms with E-state index in [0.29, 0.717) is 48.4 Å². The first kappa shape index (κ1) is 23.9. The lowest BCUT2D eigenvalue weighted by Crippen LogP contribution is -2.31. The van der Waals surface area contributed by atoms with Gasteiger partial charge in [-0.1, -0.05) is 6.07 Å². The summed E-state index contributed by atoms with van der Waals surface area (Å²) < 4.78 is 30.5. The second-order valence-electron chi connectivity index (χ2n) is 9.39. The SMILES string of the molecule is COc1ccc2c(c1)c(/C=C1\Oc3c(ccc4c3CN(Cc3ccc(OC)c(OC)c3)CO4)C1=O)cn2C. The third kappa shape index (κ3) is 4.03. The molecule has 0 saturated carbocycles. The molecule has 2 aliphatic rings. The van der Waals surface area contributed by atoms with Gasteiger partial charge in [-0.15, -0.1) is 0 Å². The number of aryl methyl sites for hydroxylation is 1. The summed E-state index contributed by atoms with van der Waals surface area (Å²) in [4.78, 5) is 15.5. The third-order valence-corrected chi connectivity index (χ3v) is 7.05. The zero-order valence-electron chi connectivity index (χ0n) is 21.7. The van der Waals surface area contributed by atoms with Crippen LogP contribution in [0.3, 0.4) is 0 Å². The molecule has 0 fully saturated rings. The third-order valence-electron chi connectivity index (χ3n) is 7.05. The van der Waals surface area contributed by atoms with Gasteiger partial charge in [-0.2, -0.15) is 0 Å². The Bertz CT molecular complexity index is 1600. The highest BCUT2D eigenvalue weighted by molar-refractivity contribution is 6.15. The number of benzene rings is 3. The normalized spacial score (nSPS) is 15.7. The molecule has 0 radical (unpaired) electrons. The van der Waals surface area contributed by atoms with Crippen LogP contribution in [0, 0.1) is 0 Å². The first-order valence-electron chi connectivity index (χ1n) is 12.3. The van der Waals surface area contributed by atoms with Crippen molar-refractivity contribution in [3.8, 4) is 28.7 Å². The van der Waals surface area contributed by atoms with Gasteiger partial charge in [0.05, 0.1) is 32.5 Å². The Labute approximate surface area is 220 Å². The summed E-state index contributed by atoms with van der Waals surface area (Å²) in [6.45, 7) is 1.64. The molecule has 3 aromatic carbocycles. The molecule has 0 atom stereocenters. The first-order valence-corrected chi connectivity index (χ1v) is 12.3. The Morgan fingerprint density at radius 1 is 0.974 bits per heavy atom. The lowest BCUT2D eigenvalue weighted by Gasteiger charge is -2.29. The summed E-state index contributed by atoms with van der Waals surface area (Å²) in [5.74, 6) is 3.57. The van der Waals surface area contributed by atoms with Crippen LogP contribution in [-0.4, -0.2) is 43.3 Å². The van der Waals surface area contributed by atoms with E-state index in [9.17, 15) is 4.79 Å². The number of methoxy groups -OCH3 is 3. The summed E-state index contributed by atoms with van der Waals surface area (Å²) in [6, 6.07) is 15.4. The van der Waals surface area contributed by atoms with Gasteiger partial charge in [0.25, 0.3) is 0 Å². The van der Waals surface area contributed by atoms with Crippen molar-refractivity contribution >= 4 is 22.8 Å². The molecule has 0 aliphatic carbocycles. The molecule has 0 saturated heterocycles. The Morgan fingerprint density at radius 3 is 2.61 bits per heavy atom. The summed E-state index contributed by atoms with van der Waals surface area (Å²) in [5.41, 5.74) is 4.40. The van der Waals surface area contributed by atoms with Crippen LogP contribution in [0.4, 0.5) is 0 Å². The molecule has 6 rings (SSSR count). The molecular formula is C30H28N2O6. The number of Topliss-reactive ketones (excluding diaryl/α,β-unsaturated/α-hetero) is 1. The zero-order chi connectivity index (χ0) is 26.4. The van der Waals surface area contributed by atoms with Crippen molar-refractivity contribution in [2.24, 2.45) is 7.05 Å². The van der Waals surface area contributed by atoms with Gasteiger partial charge >= 0.3 is 0 Å². The Morgan fingerprint density at radius 2 is 1.82 bits per heavy atom. The van der Waals surface area contributed by atoms with Crippen molar-refractivity contribution in [1.29, 1.82) is 0 Å². The van der Waals surface area contributed by atoms with Crippen LogP contribution in [0.15, 0.2) is 60.5 Å². The van der Waals surface area contributed by atoms with Crippen LogP contribution < -0.4 is 23.7 Å². The predicted molar refractivity (Wildman–Crippen MR) is 143 cm³/mol. The minimum atomic E-state index is -0.139. The van der Waals surface area contributed by atoms with Crippen molar-refractivity contribution in [3.63, 3.8) is 0 Å². The fourth-order valence-electron chi connectivity index (χ4n) is 5.13. The second-order valence-corrected chi connectivity index (χ2v) is 9.39. The molecule has 0 unspecified atom stereocenters. The monoisotopic (exact) mass is 512 g/mol. The second kappa shape index (κ2) is 9.46. The number of hydrogen-bond acceptors (Lipinski definition) is 7. The number of ether oxygens (including phenoxy) is 5. The van der Waals surface area contributed by atoms with Crippen LogP contribution >= 0.6 is 0 Å². The largest absolute Gasteiger partial charge is 0.497 e. The Balaban J connectivity index is 1.29. The van der Waals surface area contributed by atoms with Crippen molar-refractivity contribution in [3.05, 3.63) is 82.7 Å². The highest BCUT2D eigenvalue weighted by Crippen LogP contribution is 2.43. The fraction of sp³-hybridized carbons (Fsp3) is 0.233. The van der Waals surface area contributed by atoms with Crippen LogP contribution in [0.2, 0.25) is 0 Å². The minimum absolute atomic E-state index is 0.139. The van der Waals surface area contributed by atoms with E-state index >= 15 is 0 Å². The minimum Gasteiger partial charge on any atom is -0.497 e. The summed E-state index contributed by atoms with van der Waals surface area (Å²) in [7, 11) is 6.86. The molecule has 194 valence electrons. The van der Waals surface area contributed by atoms with Gasteiger partial charge in [-0.25, -0.2) is 0 Å². The number of ketones is 1. The number of carbonyl (C=O) groups is 1. The van der Waals surface area contributed by atoms with Gasteiger partial charge in [-0.3, -0.25) is 9.69 Å². The maximum atomic E-state index is 13.4. The van der Waals surface area contributed by atoms with E-state index in [1.165, 1.54) is 0 Å². The first-order chi connectivity index (χ1) is 18.5.